The second-order valence-corrected chi connectivity index (χ2v) is 6.70. The summed E-state index contributed by atoms with van der Waals surface area (Å²) >= 11 is 12.6. The number of benzene rings is 2. The van der Waals surface area contributed by atoms with E-state index in [-0.39, 0.29) is 11.8 Å². The maximum Gasteiger partial charge on any atom is 0.231 e. The second-order valence-electron chi connectivity index (χ2n) is 5.26. The van der Waals surface area contributed by atoms with Gasteiger partial charge in [-0.15, -0.1) is 23.2 Å². The largest absolute Gasteiger partial charge is 0.497 e. The molecule has 0 saturated heterocycles. The van der Waals surface area contributed by atoms with Gasteiger partial charge in [0.2, 0.25) is 5.91 Å². The zero-order valence-corrected chi connectivity index (χ0v) is 13.4. The van der Waals surface area contributed by atoms with Crippen molar-refractivity contribution >= 4 is 34.8 Å². The molecule has 0 spiro atoms. The van der Waals surface area contributed by atoms with Gasteiger partial charge in [0, 0.05) is 11.6 Å². The van der Waals surface area contributed by atoms with Crippen molar-refractivity contribution in [3.05, 3.63) is 60.2 Å². The molecule has 1 N–H and O–H groups in total. The van der Waals surface area contributed by atoms with Crippen LogP contribution in [0.5, 0.6) is 5.75 Å². The molecule has 0 aliphatic heterocycles. The fourth-order valence-electron chi connectivity index (χ4n) is 2.62. The molecule has 2 aromatic rings. The van der Waals surface area contributed by atoms with Crippen LogP contribution in [0.3, 0.4) is 0 Å². The third kappa shape index (κ3) is 2.79. The van der Waals surface area contributed by atoms with Crippen molar-refractivity contribution in [3.8, 4) is 5.75 Å². The van der Waals surface area contributed by atoms with E-state index in [1.165, 1.54) is 0 Å². The predicted octanol–water partition coefficient (Wildman–Crippen LogP) is 4.22. The Hall–Kier alpha value is -1.71. The Bertz CT molecular complexity index is 671. The number of hydrogen-bond acceptors (Lipinski definition) is 2. The molecule has 3 rings (SSSR count). The summed E-state index contributed by atoms with van der Waals surface area (Å²) in [6.07, 6.45) is 0. The van der Waals surface area contributed by atoms with Gasteiger partial charge in [-0.3, -0.25) is 4.79 Å². The van der Waals surface area contributed by atoms with Crippen LogP contribution in [0.1, 0.15) is 11.5 Å². The molecular weight excluding hydrogens is 321 g/mol. The highest BCUT2D eigenvalue weighted by Crippen LogP contribution is 2.65. The van der Waals surface area contributed by atoms with E-state index in [9.17, 15) is 4.79 Å². The molecule has 1 aliphatic rings. The van der Waals surface area contributed by atoms with Crippen molar-refractivity contribution in [1.82, 2.24) is 0 Å². The summed E-state index contributed by atoms with van der Waals surface area (Å²) in [7, 11) is 1.59. The van der Waals surface area contributed by atoms with Crippen LogP contribution < -0.4 is 10.1 Å². The SMILES string of the molecule is COc1ccc(NC(=O)[C@@H]2[C@@H](c3ccccc3)C2(Cl)Cl)cc1. The molecule has 1 amide bonds. The van der Waals surface area contributed by atoms with Crippen molar-refractivity contribution in [3.63, 3.8) is 0 Å². The number of carbonyl (C=O) groups is 1. The minimum absolute atomic E-state index is 0.177. The summed E-state index contributed by atoms with van der Waals surface area (Å²) in [6, 6.07) is 16.7. The fraction of sp³-hybridized carbons (Fsp3) is 0.235. The van der Waals surface area contributed by atoms with Crippen molar-refractivity contribution in [2.45, 2.75) is 10.3 Å². The van der Waals surface area contributed by atoms with E-state index in [1.807, 2.05) is 30.3 Å². The van der Waals surface area contributed by atoms with Crippen LogP contribution in [-0.4, -0.2) is 17.4 Å². The Labute approximate surface area is 139 Å². The highest BCUT2D eigenvalue weighted by Gasteiger charge is 2.67. The van der Waals surface area contributed by atoms with Crippen molar-refractivity contribution in [2.24, 2.45) is 5.92 Å². The third-order valence-electron chi connectivity index (χ3n) is 3.85. The molecule has 0 radical (unpaired) electrons. The molecule has 22 heavy (non-hydrogen) atoms. The average molecular weight is 336 g/mol. The van der Waals surface area contributed by atoms with Gasteiger partial charge in [-0.25, -0.2) is 0 Å². The summed E-state index contributed by atoms with van der Waals surface area (Å²) < 4.78 is 4.03. The van der Waals surface area contributed by atoms with Crippen LogP contribution >= 0.6 is 23.2 Å². The first kappa shape index (κ1) is 15.2. The smallest absolute Gasteiger partial charge is 0.231 e. The first-order valence-electron chi connectivity index (χ1n) is 6.91. The first-order chi connectivity index (χ1) is 10.5. The van der Waals surface area contributed by atoms with E-state index in [0.717, 1.165) is 11.3 Å². The number of rotatable bonds is 4. The van der Waals surface area contributed by atoms with E-state index in [0.29, 0.717) is 5.69 Å². The van der Waals surface area contributed by atoms with Crippen LogP contribution in [0.25, 0.3) is 0 Å². The molecule has 0 aromatic heterocycles. The minimum Gasteiger partial charge on any atom is -0.497 e. The number of carbonyl (C=O) groups excluding carboxylic acids is 1. The molecule has 3 nitrogen and oxygen atoms in total. The van der Waals surface area contributed by atoms with Gasteiger partial charge in [0.15, 0.2) is 0 Å². The Morgan fingerprint density at radius 3 is 2.32 bits per heavy atom. The number of amides is 1. The zero-order chi connectivity index (χ0) is 15.7. The maximum atomic E-state index is 12.4. The number of methoxy groups -OCH3 is 1. The lowest BCUT2D eigenvalue weighted by molar-refractivity contribution is -0.117. The van der Waals surface area contributed by atoms with Gasteiger partial charge in [-0.2, -0.15) is 0 Å². The van der Waals surface area contributed by atoms with E-state index in [4.69, 9.17) is 27.9 Å². The zero-order valence-electron chi connectivity index (χ0n) is 11.9. The van der Waals surface area contributed by atoms with E-state index >= 15 is 0 Å². The molecule has 114 valence electrons. The number of nitrogens with one attached hydrogen (secondary N) is 1. The maximum absolute atomic E-state index is 12.4. The lowest BCUT2D eigenvalue weighted by Crippen LogP contribution is -2.17. The number of anilines is 1. The molecule has 5 heteroatoms. The van der Waals surface area contributed by atoms with Gasteiger partial charge in [0.25, 0.3) is 0 Å². The molecule has 1 saturated carbocycles. The van der Waals surface area contributed by atoms with Crippen LogP contribution in [-0.2, 0) is 4.79 Å². The molecule has 0 heterocycles. The standard InChI is InChI=1S/C17H15Cl2NO2/c1-22-13-9-7-12(8-10-13)20-16(21)15-14(17(15,18)19)11-5-3-2-4-6-11/h2-10,14-15H,1H3,(H,20,21)/t14-,15+/m1/s1. The number of halogens is 2. The highest BCUT2D eigenvalue weighted by molar-refractivity contribution is 6.53. The quantitative estimate of drug-likeness (QED) is 0.849. The Balaban J connectivity index is 1.72. The fourth-order valence-corrected chi connectivity index (χ4v) is 3.45. The van der Waals surface area contributed by atoms with Crippen molar-refractivity contribution < 1.29 is 9.53 Å². The van der Waals surface area contributed by atoms with Crippen LogP contribution in [0, 0.1) is 5.92 Å². The molecule has 2 aromatic carbocycles. The number of ether oxygens (including phenoxy) is 1. The van der Waals surface area contributed by atoms with Crippen LogP contribution in [0.2, 0.25) is 0 Å². The van der Waals surface area contributed by atoms with Gasteiger partial charge in [0.1, 0.15) is 10.1 Å². The van der Waals surface area contributed by atoms with Gasteiger partial charge >= 0.3 is 0 Å². The van der Waals surface area contributed by atoms with Crippen molar-refractivity contribution in [2.75, 3.05) is 12.4 Å². The molecule has 1 aliphatic carbocycles. The molecule has 1 fully saturated rings. The summed E-state index contributed by atoms with van der Waals surface area (Å²) in [4.78, 5) is 12.4. The molecule has 2 atom stereocenters. The van der Waals surface area contributed by atoms with Gasteiger partial charge in [0.05, 0.1) is 13.0 Å². The average Bonchev–Trinajstić information content (AvgIpc) is 3.11. The summed E-state index contributed by atoms with van der Waals surface area (Å²) in [5.74, 6) is -0.0877. The Morgan fingerprint density at radius 2 is 1.73 bits per heavy atom. The second kappa shape index (κ2) is 5.82. The summed E-state index contributed by atoms with van der Waals surface area (Å²) in [6.45, 7) is 0. The number of alkyl halides is 2. The third-order valence-corrected chi connectivity index (χ3v) is 4.79. The molecule has 0 unspecified atom stereocenters. The highest BCUT2D eigenvalue weighted by atomic mass is 35.5. The number of hydrogen-bond donors (Lipinski definition) is 1. The van der Waals surface area contributed by atoms with Crippen LogP contribution in [0.15, 0.2) is 54.6 Å². The lowest BCUT2D eigenvalue weighted by atomic mass is 10.1. The van der Waals surface area contributed by atoms with Crippen molar-refractivity contribution in [1.29, 1.82) is 0 Å². The molecule has 0 bridgehead atoms. The first-order valence-corrected chi connectivity index (χ1v) is 7.67. The van der Waals surface area contributed by atoms with E-state index in [2.05, 4.69) is 5.32 Å². The lowest BCUT2D eigenvalue weighted by Gasteiger charge is -2.06. The summed E-state index contributed by atoms with van der Waals surface area (Å²) in [5, 5.41) is 2.85. The van der Waals surface area contributed by atoms with E-state index < -0.39 is 10.3 Å². The van der Waals surface area contributed by atoms with E-state index in [1.54, 1.807) is 31.4 Å². The summed E-state index contributed by atoms with van der Waals surface area (Å²) in [5.41, 5.74) is 1.66. The molecular formula is C17H15Cl2NO2. The predicted molar refractivity (Wildman–Crippen MR) is 88.7 cm³/mol. The Kier molecular flexibility index (Phi) is 4.02. The van der Waals surface area contributed by atoms with Crippen LogP contribution in [0.4, 0.5) is 5.69 Å². The van der Waals surface area contributed by atoms with Gasteiger partial charge in [-0.05, 0) is 29.8 Å². The normalized spacial score (nSPS) is 22.0. The monoisotopic (exact) mass is 335 g/mol. The van der Waals surface area contributed by atoms with Gasteiger partial charge in [-0.1, -0.05) is 30.3 Å². The minimum atomic E-state index is -1.06. The van der Waals surface area contributed by atoms with Gasteiger partial charge < -0.3 is 10.1 Å². The Morgan fingerprint density at radius 1 is 1.09 bits per heavy atom. The topological polar surface area (TPSA) is 38.3 Å².